The van der Waals surface area contributed by atoms with Crippen LogP contribution in [0.15, 0.2) is 27.6 Å². The Kier molecular flexibility index (Phi) is 5.86. The molecule has 1 saturated carbocycles. The Morgan fingerprint density at radius 2 is 1.84 bits per heavy atom. The van der Waals surface area contributed by atoms with Crippen LogP contribution in [-0.4, -0.2) is 30.2 Å². The fraction of sp³-hybridized carbons (Fsp3) is 0.583. The van der Waals surface area contributed by atoms with Crippen LogP contribution in [0.3, 0.4) is 0 Å². The molecule has 1 aromatic carbocycles. The van der Waals surface area contributed by atoms with Crippen LogP contribution in [0.5, 0.6) is 0 Å². The first-order valence-corrected chi connectivity index (χ1v) is 12.9. The molecule has 0 radical (unpaired) electrons. The van der Waals surface area contributed by atoms with Gasteiger partial charge in [0, 0.05) is 19.0 Å². The molecule has 2 heterocycles. The zero-order chi connectivity index (χ0) is 23.3. The van der Waals surface area contributed by atoms with Gasteiger partial charge in [0.05, 0.1) is 16.7 Å². The number of imidazole rings is 1. The zero-order valence-electron chi connectivity index (χ0n) is 20.0. The third-order valence-electron chi connectivity index (χ3n) is 6.52. The van der Waals surface area contributed by atoms with Crippen molar-refractivity contribution in [3.63, 3.8) is 0 Å². The van der Waals surface area contributed by atoms with E-state index in [0.29, 0.717) is 23.1 Å². The van der Waals surface area contributed by atoms with Crippen molar-refractivity contribution in [1.29, 1.82) is 0 Å². The summed E-state index contributed by atoms with van der Waals surface area (Å²) in [5, 5.41) is 3.81. The number of sulfonamides is 1. The second kappa shape index (κ2) is 8.21. The lowest BCUT2D eigenvalue weighted by atomic mass is 9.88. The van der Waals surface area contributed by atoms with Crippen LogP contribution in [0.4, 0.5) is 5.69 Å². The SMILES string of the molecule is Cc1noc(C)c1S(=O)(=O)N(C)c1ccc2c(c1)nc(C(C)(C)C)n2CC1CCCCC1. The minimum absolute atomic E-state index is 0.109. The van der Waals surface area contributed by atoms with Gasteiger partial charge >= 0.3 is 0 Å². The number of fused-ring (bicyclic) bond motifs is 1. The van der Waals surface area contributed by atoms with E-state index in [9.17, 15) is 8.42 Å². The number of nitrogens with zero attached hydrogens (tertiary/aromatic N) is 4. The van der Waals surface area contributed by atoms with Crippen molar-refractivity contribution >= 4 is 26.7 Å². The summed E-state index contributed by atoms with van der Waals surface area (Å²) in [6.07, 6.45) is 6.47. The van der Waals surface area contributed by atoms with Crippen molar-refractivity contribution in [2.24, 2.45) is 5.92 Å². The second-order valence-corrected chi connectivity index (χ2v) is 12.0. The van der Waals surface area contributed by atoms with Crippen LogP contribution in [0.1, 0.15) is 70.2 Å². The maximum Gasteiger partial charge on any atom is 0.269 e. The van der Waals surface area contributed by atoms with Crippen molar-refractivity contribution in [2.75, 3.05) is 11.4 Å². The van der Waals surface area contributed by atoms with Crippen LogP contribution in [0.25, 0.3) is 11.0 Å². The van der Waals surface area contributed by atoms with E-state index in [-0.39, 0.29) is 10.3 Å². The summed E-state index contributed by atoms with van der Waals surface area (Å²) >= 11 is 0. The maximum atomic E-state index is 13.3. The highest BCUT2D eigenvalue weighted by Gasteiger charge is 2.30. The Labute approximate surface area is 190 Å². The summed E-state index contributed by atoms with van der Waals surface area (Å²) < 4.78 is 35.3. The quantitative estimate of drug-likeness (QED) is 0.515. The predicted molar refractivity (Wildman–Crippen MR) is 127 cm³/mol. The third kappa shape index (κ3) is 4.05. The van der Waals surface area contributed by atoms with E-state index < -0.39 is 10.0 Å². The fourth-order valence-electron chi connectivity index (χ4n) is 4.82. The molecule has 1 aliphatic rings. The van der Waals surface area contributed by atoms with Crippen molar-refractivity contribution in [3.05, 3.63) is 35.5 Å². The molecule has 2 aromatic heterocycles. The summed E-state index contributed by atoms with van der Waals surface area (Å²) in [5.74, 6) is 2.01. The molecule has 0 bridgehead atoms. The molecule has 0 atom stereocenters. The molecule has 8 heteroatoms. The lowest BCUT2D eigenvalue weighted by Crippen LogP contribution is -2.27. The topological polar surface area (TPSA) is 81.2 Å². The van der Waals surface area contributed by atoms with Crippen LogP contribution < -0.4 is 4.31 Å². The number of aromatic nitrogens is 3. The molecule has 0 aliphatic heterocycles. The molecule has 1 aliphatic carbocycles. The van der Waals surface area contributed by atoms with Gasteiger partial charge in [-0.1, -0.05) is 45.2 Å². The summed E-state index contributed by atoms with van der Waals surface area (Å²) in [6, 6.07) is 5.75. The molecule has 0 unspecified atom stereocenters. The van der Waals surface area contributed by atoms with Crippen molar-refractivity contribution < 1.29 is 12.9 Å². The summed E-state index contributed by atoms with van der Waals surface area (Å²) in [7, 11) is -2.23. The molecular formula is C24H34N4O3S. The number of anilines is 1. The molecule has 1 fully saturated rings. The first-order valence-electron chi connectivity index (χ1n) is 11.4. The van der Waals surface area contributed by atoms with Gasteiger partial charge in [-0.15, -0.1) is 0 Å². The highest BCUT2D eigenvalue weighted by molar-refractivity contribution is 7.92. The number of hydrogen-bond acceptors (Lipinski definition) is 5. The Morgan fingerprint density at radius 3 is 2.44 bits per heavy atom. The Bertz CT molecular complexity index is 1210. The number of rotatable bonds is 5. The van der Waals surface area contributed by atoms with E-state index in [0.717, 1.165) is 23.4 Å². The molecule has 4 rings (SSSR count). The van der Waals surface area contributed by atoms with Gasteiger partial charge in [0.15, 0.2) is 10.7 Å². The van der Waals surface area contributed by atoms with Crippen molar-refractivity contribution in [3.8, 4) is 0 Å². The maximum absolute atomic E-state index is 13.3. The Morgan fingerprint density at radius 1 is 1.16 bits per heavy atom. The van der Waals surface area contributed by atoms with Gasteiger partial charge in [0.2, 0.25) is 0 Å². The Hall–Kier alpha value is -2.35. The zero-order valence-corrected chi connectivity index (χ0v) is 20.8. The number of benzene rings is 1. The van der Waals surface area contributed by atoms with Crippen LogP contribution in [0, 0.1) is 19.8 Å². The highest BCUT2D eigenvalue weighted by atomic mass is 32.2. The van der Waals surface area contributed by atoms with Gasteiger partial charge in [-0.2, -0.15) is 0 Å². The second-order valence-electron chi connectivity index (χ2n) is 10.1. The van der Waals surface area contributed by atoms with E-state index in [1.54, 1.807) is 20.9 Å². The standard InChI is InChI=1S/C24H34N4O3S/c1-16-22(17(2)31-26-16)32(29,30)27(6)19-12-13-21-20(14-19)25-23(24(3,4)5)28(21)15-18-10-8-7-9-11-18/h12-14,18H,7-11,15H2,1-6H3. The van der Waals surface area contributed by atoms with E-state index in [4.69, 9.17) is 9.51 Å². The first-order chi connectivity index (χ1) is 15.0. The lowest BCUT2D eigenvalue weighted by molar-refractivity contribution is 0.313. The monoisotopic (exact) mass is 458 g/mol. The van der Waals surface area contributed by atoms with Gasteiger partial charge in [-0.25, -0.2) is 13.4 Å². The van der Waals surface area contributed by atoms with Crippen LogP contribution >= 0.6 is 0 Å². The molecule has 0 saturated heterocycles. The molecule has 174 valence electrons. The van der Waals surface area contributed by atoms with E-state index in [1.165, 1.54) is 36.4 Å². The van der Waals surface area contributed by atoms with Crippen LogP contribution in [0.2, 0.25) is 0 Å². The van der Waals surface area contributed by atoms with E-state index in [1.807, 2.05) is 18.2 Å². The van der Waals surface area contributed by atoms with Gasteiger partial charge < -0.3 is 9.09 Å². The van der Waals surface area contributed by atoms with Crippen LogP contribution in [-0.2, 0) is 22.0 Å². The van der Waals surface area contributed by atoms with Gasteiger partial charge in [-0.3, -0.25) is 4.31 Å². The molecule has 0 amide bonds. The molecule has 0 N–H and O–H groups in total. The summed E-state index contributed by atoms with van der Waals surface area (Å²) in [6.45, 7) is 10.8. The lowest BCUT2D eigenvalue weighted by Gasteiger charge is -2.26. The number of hydrogen-bond donors (Lipinski definition) is 0. The fourth-order valence-corrected chi connectivity index (χ4v) is 6.29. The minimum atomic E-state index is -3.79. The molecule has 7 nitrogen and oxygen atoms in total. The minimum Gasteiger partial charge on any atom is -0.360 e. The van der Waals surface area contributed by atoms with Crippen molar-refractivity contribution in [1.82, 2.24) is 14.7 Å². The van der Waals surface area contributed by atoms with Gasteiger partial charge in [-0.05, 0) is 50.8 Å². The molecule has 32 heavy (non-hydrogen) atoms. The average molecular weight is 459 g/mol. The van der Waals surface area contributed by atoms with E-state index >= 15 is 0 Å². The molecule has 3 aromatic rings. The van der Waals surface area contributed by atoms with Gasteiger partial charge in [0.1, 0.15) is 11.5 Å². The normalized spacial score (nSPS) is 16.1. The largest absolute Gasteiger partial charge is 0.360 e. The van der Waals surface area contributed by atoms with E-state index in [2.05, 4.69) is 30.5 Å². The average Bonchev–Trinajstić information content (AvgIpc) is 3.27. The predicted octanol–water partition coefficient (Wildman–Crippen LogP) is 5.34. The van der Waals surface area contributed by atoms with Gasteiger partial charge in [0.25, 0.3) is 10.0 Å². The summed E-state index contributed by atoms with van der Waals surface area (Å²) in [5.41, 5.74) is 2.71. The first kappa shape index (κ1) is 22.8. The highest BCUT2D eigenvalue weighted by Crippen LogP contribution is 2.34. The Balaban J connectivity index is 1.76. The number of aryl methyl sites for hydroxylation is 2. The molecule has 0 spiro atoms. The smallest absolute Gasteiger partial charge is 0.269 e. The third-order valence-corrected chi connectivity index (χ3v) is 8.55. The molecular weight excluding hydrogens is 424 g/mol. The summed E-state index contributed by atoms with van der Waals surface area (Å²) in [4.78, 5) is 5.11. The van der Waals surface area contributed by atoms with Crippen molar-refractivity contribution in [2.45, 2.75) is 83.6 Å².